The number of fused-ring (bicyclic) bond motifs is 1. The summed E-state index contributed by atoms with van der Waals surface area (Å²) in [6, 6.07) is 17.2. The Labute approximate surface area is 181 Å². The van der Waals surface area contributed by atoms with Gasteiger partial charge in [0.2, 0.25) is 0 Å². The maximum absolute atomic E-state index is 9.40. The van der Waals surface area contributed by atoms with Crippen molar-refractivity contribution in [3.05, 3.63) is 78.4 Å². The number of hydrogen-bond acceptors (Lipinski definition) is 5. The van der Waals surface area contributed by atoms with Gasteiger partial charge in [-0.3, -0.25) is 4.98 Å². The van der Waals surface area contributed by atoms with Gasteiger partial charge in [-0.05, 0) is 42.4 Å². The van der Waals surface area contributed by atoms with Crippen molar-refractivity contribution in [2.45, 2.75) is 31.6 Å². The predicted molar refractivity (Wildman–Crippen MR) is 121 cm³/mol. The monoisotopic (exact) mass is 408 g/mol. The van der Waals surface area contributed by atoms with E-state index in [2.05, 4.69) is 64.4 Å². The zero-order valence-electron chi connectivity index (χ0n) is 17.6. The lowest BCUT2D eigenvalue weighted by Gasteiger charge is -2.42. The van der Waals surface area contributed by atoms with Crippen molar-refractivity contribution in [1.82, 2.24) is 19.6 Å². The molecule has 6 nitrogen and oxygen atoms in total. The molecule has 0 atom stereocenters. The molecule has 154 valence electrons. The van der Waals surface area contributed by atoms with Gasteiger partial charge in [0.1, 0.15) is 23.0 Å². The Hall–Kier alpha value is -3.72. The number of rotatable bonds is 4. The van der Waals surface area contributed by atoms with Gasteiger partial charge in [0.05, 0.1) is 11.9 Å². The Morgan fingerprint density at radius 2 is 1.84 bits per heavy atom. The molecule has 31 heavy (non-hydrogen) atoms. The fraction of sp³-hybridized carbons (Fsp3) is 0.280. The van der Waals surface area contributed by atoms with Crippen LogP contribution in [0.2, 0.25) is 0 Å². The minimum absolute atomic E-state index is 0.257. The highest BCUT2D eigenvalue weighted by Gasteiger charge is 2.34. The van der Waals surface area contributed by atoms with Gasteiger partial charge in [-0.1, -0.05) is 37.3 Å². The molecular formula is C25H24N6. The Bertz CT molecular complexity index is 1230. The first-order valence-electron chi connectivity index (χ1n) is 10.7. The first-order valence-corrected chi connectivity index (χ1v) is 10.7. The molecule has 0 saturated carbocycles. The molecule has 0 bridgehead atoms. The second kappa shape index (κ2) is 7.84. The number of benzene rings is 1. The zero-order valence-corrected chi connectivity index (χ0v) is 17.6. The van der Waals surface area contributed by atoms with Crippen LogP contribution in [0.1, 0.15) is 37.3 Å². The summed E-state index contributed by atoms with van der Waals surface area (Å²) in [4.78, 5) is 11.6. The third-order valence-corrected chi connectivity index (χ3v) is 6.68. The molecule has 0 unspecified atom stereocenters. The number of pyridine rings is 1. The lowest BCUT2D eigenvalue weighted by Crippen LogP contribution is -2.42. The summed E-state index contributed by atoms with van der Waals surface area (Å²) in [6.45, 7) is 4.28. The van der Waals surface area contributed by atoms with Crippen LogP contribution in [-0.2, 0) is 5.41 Å². The molecule has 4 heterocycles. The van der Waals surface area contributed by atoms with Crippen LogP contribution in [0, 0.1) is 11.3 Å². The normalized spacial score (nSPS) is 15.7. The van der Waals surface area contributed by atoms with Gasteiger partial charge in [0.25, 0.3) is 0 Å². The van der Waals surface area contributed by atoms with Crippen molar-refractivity contribution in [3.8, 4) is 17.3 Å². The van der Waals surface area contributed by atoms with Gasteiger partial charge in [-0.15, -0.1) is 0 Å². The van der Waals surface area contributed by atoms with Gasteiger partial charge in [0.15, 0.2) is 0 Å². The number of anilines is 1. The largest absolute Gasteiger partial charge is 0.357 e. The predicted octanol–water partition coefficient (Wildman–Crippen LogP) is 4.61. The molecule has 0 amide bonds. The van der Waals surface area contributed by atoms with E-state index in [1.807, 2.05) is 12.3 Å². The molecule has 1 aliphatic heterocycles. The summed E-state index contributed by atoms with van der Waals surface area (Å²) in [6.07, 6.45) is 10.3. The zero-order chi connectivity index (χ0) is 21.3. The molecule has 0 radical (unpaired) electrons. The van der Waals surface area contributed by atoms with E-state index in [1.165, 1.54) is 5.56 Å². The molecule has 0 N–H and O–H groups in total. The average molecular weight is 409 g/mol. The van der Waals surface area contributed by atoms with Crippen molar-refractivity contribution in [2.24, 2.45) is 0 Å². The number of hydrogen-bond donors (Lipinski definition) is 0. The van der Waals surface area contributed by atoms with Crippen molar-refractivity contribution < 1.29 is 0 Å². The van der Waals surface area contributed by atoms with Crippen molar-refractivity contribution in [1.29, 1.82) is 5.26 Å². The first kappa shape index (κ1) is 19.3. The van der Waals surface area contributed by atoms with Crippen LogP contribution in [0.5, 0.6) is 0 Å². The number of piperidine rings is 1. The number of aromatic nitrogens is 4. The molecule has 4 aromatic rings. The molecule has 1 saturated heterocycles. The quantitative estimate of drug-likeness (QED) is 0.493. The minimum atomic E-state index is 0.257. The van der Waals surface area contributed by atoms with Crippen LogP contribution in [0.25, 0.3) is 16.8 Å². The van der Waals surface area contributed by atoms with E-state index in [0.717, 1.165) is 49.4 Å². The third kappa shape index (κ3) is 3.32. The highest BCUT2D eigenvalue weighted by molar-refractivity contribution is 5.81. The van der Waals surface area contributed by atoms with Gasteiger partial charge >= 0.3 is 0 Å². The van der Waals surface area contributed by atoms with E-state index in [4.69, 9.17) is 4.98 Å². The Kier molecular flexibility index (Phi) is 4.87. The second-order valence-electron chi connectivity index (χ2n) is 8.13. The summed E-state index contributed by atoms with van der Waals surface area (Å²) in [5.74, 6) is 0.988. The molecule has 1 aliphatic rings. The summed E-state index contributed by atoms with van der Waals surface area (Å²) >= 11 is 0. The fourth-order valence-electron chi connectivity index (χ4n) is 4.75. The lowest BCUT2D eigenvalue weighted by atomic mass is 9.71. The van der Waals surface area contributed by atoms with E-state index in [1.54, 1.807) is 23.1 Å². The van der Waals surface area contributed by atoms with E-state index < -0.39 is 0 Å². The maximum Gasteiger partial charge on any atom is 0.128 e. The van der Waals surface area contributed by atoms with Crippen LogP contribution in [0.3, 0.4) is 0 Å². The fourth-order valence-corrected chi connectivity index (χ4v) is 4.75. The summed E-state index contributed by atoms with van der Waals surface area (Å²) in [5.41, 5.74) is 4.55. The second-order valence-corrected chi connectivity index (χ2v) is 8.13. The van der Waals surface area contributed by atoms with Crippen molar-refractivity contribution in [2.75, 3.05) is 18.0 Å². The van der Waals surface area contributed by atoms with Crippen LogP contribution in [0.4, 0.5) is 5.82 Å². The third-order valence-electron chi connectivity index (χ3n) is 6.68. The van der Waals surface area contributed by atoms with E-state index in [-0.39, 0.29) is 5.41 Å². The van der Waals surface area contributed by atoms with Crippen LogP contribution in [0.15, 0.2) is 67.3 Å². The van der Waals surface area contributed by atoms with Crippen molar-refractivity contribution in [3.63, 3.8) is 0 Å². The molecule has 1 aromatic carbocycles. The first-order chi connectivity index (χ1) is 15.2. The maximum atomic E-state index is 9.40. The van der Waals surface area contributed by atoms with Gasteiger partial charge < -0.3 is 4.90 Å². The minimum Gasteiger partial charge on any atom is -0.357 e. The molecule has 5 rings (SSSR count). The number of nitriles is 1. The average Bonchev–Trinajstić information content (AvgIpc) is 3.28. The molecule has 0 spiro atoms. The smallest absolute Gasteiger partial charge is 0.128 e. The Morgan fingerprint density at radius 3 is 2.52 bits per heavy atom. The highest BCUT2D eigenvalue weighted by Crippen LogP contribution is 2.39. The molecule has 1 fully saturated rings. The van der Waals surface area contributed by atoms with Gasteiger partial charge in [0, 0.05) is 37.2 Å². The van der Waals surface area contributed by atoms with E-state index in [9.17, 15) is 5.26 Å². The van der Waals surface area contributed by atoms with E-state index >= 15 is 0 Å². The molecule has 3 aromatic heterocycles. The molecular weight excluding hydrogens is 384 g/mol. The molecule has 6 heteroatoms. The van der Waals surface area contributed by atoms with Gasteiger partial charge in [-0.25, -0.2) is 9.50 Å². The Morgan fingerprint density at radius 1 is 1.03 bits per heavy atom. The summed E-state index contributed by atoms with van der Waals surface area (Å²) in [7, 11) is 0. The standard InChI is InChI=1S/C25H24N6/c1-2-25(21-6-4-3-5-7-21)10-13-30(14-11-25)22-9-8-19(17-28-22)23-24-20(16-26)18-29-31(24)15-12-27-23/h3-9,12,15,17-18H,2,10-11,13-14H2,1H3. The van der Waals surface area contributed by atoms with E-state index in [0.29, 0.717) is 11.1 Å². The topological polar surface area (TPSA) is 70.1 Å². The van der Waals surface area contributed by atoms with Crippen LogP contribution in [-0.4, -0.2) is 32.7 Å². The van der Waals surface area contributed by atoms with Crippen molar-refractivity contribution >= 4 is 11.3 Å². The number of nitrogens with zero attached hydrogens (tertiary/aromatic N) is 6. The summed E-state index contributed by atoms with van der Waals surface area (Å²) < 4.78 is 1.69. The SMILES string of the molecule is CCC1(c2ccccc2)CCN(c2ccc(-c3nccn4ncc(C#N)c34)cn2)CC1. The Balaban J connectivity index is 1.38. The summed E-state index contributed by atoms with van der Waals surface area (Å²) in [5, 5.41) is 13.6. The highest BCUT2D eigenvalue weighted by atomic mass is 15.2. The molecule has 0 aliphatic carbocycles. The van der Waals surface area contributed by atoms with Crippen LogP contribution >= 0.6 is 0 Å². The van der Waals surface area contributed by atoms with Crippen LogP contribution < -0.4 is 4.90 Å². The lowest BCUT2D eigenvalue weighted by molar-refractivity contribution is 0.319. The van der Waals surface area contributed by atoms with Gasteiger partial charge in [-0.2, -0.15) is 10.4 Å².